The first-order valence-corrected chi connectivity index (χ1v) is 14.9. The molecule has 180 valence electrons. The summed E-state index contributed by atoms with van der Waals surface area (Å²) in [6.07, 6.45) is 1.54. The Balaban J connectivity index is 1.78. The van der Waals surface area contributed by atoms with Crippen molar-refractivity contribution in [1.29, 1.82) is 5.26 Å². The van der Waals surface area contributed by atoms with E-state index in [0.29, 0.717) is 16.4 Å². The number of nitriles is 1. The molecule has 4 rings (SSSR count). The van der Waals surface area contributed by atoms with Crippen LogP contribution in [0.15, 0.2) is 119 Å². The van der Waals surface area contributed by atoms with Crippen LogP contribution in [0, 0.1) is 18.3 Å². The van der Waals surface area contributed by atoms with Crippen molar-refractivity contribution in [1.82, 2.24) is 4.41 Å². The average Bonchev–Trinajstić information content (AvgIpc) is 2.92. The van der Waals surface area contributed by atoms with E-state index in [2.05, 4.69) is 23.3 Å². The molecule has 7 heteroatoms. The van der Waals surface area contributed by atoms with Gasteiger partial charge < -0.3 is 0 Å². The van der Waals surface area contributed by atoms with Crippen molar-refractivity contribution < 1.29 is 8.42 Å². The summed E-state index contributed by atoms with van der Waals surface area (Å²) in [7, 11) is -3.96. The fourth-order valence-electron chi connectivity index (χ4n) is 3.55. The number of benzene rings is 4. The molecule has 5 nitrogen and oxygen atoms in total. The summed E-state index contributed by atoms with van der Waals surface area (Å²) >= 11 is 0.0206. The molecular weight excluding hydrogens is 533 g/mol. The van der Waals surface area contributed by atoms with Crippen molar-refractivity contribution in [3.8, 4) is 6.07 Å². The van der Waals surface area contributed by atoms with Gasteiger partial charge in [-0.05, 0) is 0 Å². The number of rotatable bonds is 9. The fourth-order valence-corrected chi connectivity index (χ4v) is 7.33. The van der Waals surface area contributed by atoms with Gasteiger partial charge in [0.1, 0.15) is 0 Å². The Bertz CT molecular complexity index is 1450. The van der Waals surface area contributed by atoms with Gasteiger partial charge in [0.05, 0.1) is 0 Å². The zero-order chi connectivity index (χ0) is 25.4. The van der Waals surface area contributed by atoms with E-state index in [1.54, 1.807) is 54.7 Å². The second-order valence-electron chi connectivity index (χ2n) is 8.12. The Labute approximate surface area is 218 Å². The van der Waals surface area contributed by atoms with E-state index in [-0.39, 0.29) is 19.9 Å². The van der Waals surface area contributed by atoms with E-state index in [9.17, 15) is 8.42 Å². The minimum absolute atomic E-state index is 0.0206. The Morgan fingerprint density at radius 3 is 2.11 bits per heavy atom. The van der Waals surface area contributed by atoms with Crippen molar-refractivity contribution in [3.05, 3.63) is 131 Å². The first-order valence-electron chi connectivity index (χ1n) is 11.4. The van der Waals surface area contributed by atoms with Crippen LogP contribution in [-0.2, 0) is 10.0 Å². The molecule has 1 atom stereocenters. The molecule has 0 aromatic heterocycles. The van der Waals surface area contributed by atoms with Gasteiger partial charge in [-0.25, -0.2) is 0 Å². The van der Waals surface area contributed by atoms with E-state index in [1.165, 1.54) is 8.88 Å². The van der Waals surface area contributed by atoms with Crippen LogP contribution in [0.2, 0.25) is 5.32 Å². The maximum atomic E-state index is 14.0. The first kappa shape index (κ1) is 25.4. The van der Waals surface area contributed by atoms with Gasteiger partial charge in [0.25, 0.3) is 0 Å². The van der Waals surface area contributed by atoms with E-state index in [1.807, 2.05) is 55.5 Å². The van der Waals surface area contributed by atoms with Crippen LogP contribution in [0.5, 0.6) is 0 Å². The SMILES string of the molecule is Cc1ccc(S(=O)(=O)N(N=Cc2ccc(C#N)cc2)C(C[Se]c2ccccc2)c2ccccc2)cc1. The summed E-state index contributed by atoms with van der Waals surface area (Å²) in [5.41, 5.74) is 3.10. The van der Waals surface area contributed by atoms with Gasteiger partial charge in [-0.2, -0.15) is 0 Å². The number of hydrogen-bond acceptors (Lipinski definition) is 4. The predicted octanol–water partition coefficient (Wildman–Crippen LogP) is 5.08. The van der Waals surface area contributed by atoms with Crippen LogP contribution in [0.4, 0.5) is 0 Å². The molecule has 0 aliphatic heterocycles. The zero-order valence-corrected chi connectivity index (χ0v) is 22.3. The fraction of sp³-hybridized carbons (Fsp3) is 0.103. The predicted molar refractivity (Wildman–Crippen MR) is 145 cm³/mol. The molecule has 0 bridgehead atoms. The summed E-state index contributed by atoms with van der Waals surface area (Å²) in [5, 5.41) is 14.2. The van der Waals surface area contributed by atoms with Gasteiger partial charge in [-0.3, -0.25) is 0 Å². The molecule has 0 spiro atoms. The van der Waals surface area contributed by atoms with E-state index >= 15 is 0 Å². The van der Waals surface area contributed by atoms with Crippen LogP contribution in [0.1, 0.15) is 28.3 Å². The molecule has 36 heavy (non-hydrogen) atoms. The van der Waals surface area contributed by atoms with E-state index in [0.717, 1.165) is 11.1 Å². The quantitative estimate of drug-likeness (QED) is 0.163. The molecule has 0 amide bonds. The Morgan fingerprint density at radius 1 is 0.889 bits per heavy atom. The monoisotopic (exact) mass is 559 g/mol. The molecule has 0 saturated carbocycles. The summed E-state index contributed by atoms with van der Waals surface area (Å²) < 4.78 is 30.4. The maximum absolute atomic E-state index is 14.0. The number of hydrogen-bond donors (Lipinski definition) is 0. The number of sulfonamides is 1. The van der Waals surface area contributed by atoms with Gasteiger partial charge in [-0.15, -0.1) is 0 Å². The molecule has 0 radical (unpaired) electrons. The Hall–Kier alpha value is -3.69. The van der Waals surface area contributed by atoms with Crippen molar-refractivity contribution in [2.45, 2.75) is 23.2 Å². The zero-order valence-electron chi connectivity index (χ0n) is 19.7. The average molecular weight is 559 g/mol. The Morgan fingerprint density at radius 2 is 1.50 bits per heavy atom. The third-order valence-corrected chi connectivity index (χ3v) is 9.52. The normalized spacial score (nSPS) is 12.2. The molecule has 0 aliphatic rings. The summed E-state index contributed by atoms with van der Waals surface area (Å²) in [6.45, 7) is 1.92. The van der Waals surface area contributed by atoms with Crippen molar-refractivity contribution in [3.63, 3.8) is 0 Å². The van der Waals surface area contributed by atoms with Crippen molar-refractivity contribution >= 4 is 35.7 Å². The van der Waals surface area contributed by atoms with Crippen LogP contribution >= 0.6 is 0 Å². The molecule has 1 unspecified atom stereocenters. The molecule has 0 N–H and O–H groups in total. The third kappa shape index (κ3) is 6.30. The molecular formula is C29H25N3O2SSe. The third-order valence-electron chi connectivity index (χ3n) is 5.53. The molecule has 0 fully saturated rings. The molecule has 0 saturated heterocycles. The molecule has 0 heterocycles. The number of aryl methyl sites for hydroxylation is 1. The topological polar surface area (TPSA) is 73.5 Å². The second-order valence-corrected chi connectivity index (χ2v) is 12.2. The molecule has 4 aromatic carbocycles. The second kappa shape index (κ2) is 11.8. The first-order chi connectivity index (χ1) is 17.5. The summed E-state index contributed by atoms with van der Waals surface area (Å²) in [5.74, 6) is 0. The van der Waals surface area contributed by atoms with Gasteiger partial charge in [0.2, 0.25) is 0 Å². The number of nitrogens with zero attached hydrogens (tertiary/aromatic N) is 3. The van der Waals surface area contributed by atoms with Gasteiger partial charge >= 0.3 is 220 Å². The standard InChI is InChI=1S/C29H25N3O2SSe/c1-23-12-18-27(19-13-23)35(33,34)32(31-21-25-16-14-24(20-30)15-17-25)29(26-8-4-2-5-9-26)22-36-28-10-6-3-7-11-28/h2-19,21,29H,22H2,1H3. The van der Waals surface area contributed by atoms with Crippen LogP contribution in [0.25, 0.3) is 0 Å². The van der Waals surface area contributed by atoms with Crippen molar-refractivity contribution in [2.75, 3.05) is 0 Å². The van der Waals surface area contributed by atoms with Gasteiger partial charge in [-0.1, -0.05) is 0 Å². The summed E-state index contributed by atoms with van der Waals surface area (Å²) in [6, 6.07) is 35.1. The molecule has 0 aliphatic carbocycles. The number of hydrazone groups is 1. The minimum atomic E-state index is -3.96. The summed E-state index contributed by atoms with van der Waals surface area (Å²) in [4.78, 5) is 0.193. The van der Waals surface area contributed by atoms with E-state index in [4.69, 9.17) is 5.26 Å². The van der Waals surface area contributed by atoms with Gasteiger partial charge in [0.15, 0.2) is 0 Å². The van der Waals surface area contributed by atoms with Gasteiger partial charge in [0, 0.05) is 0 Å². The Kier molecular flexibility index (Phi) is 8.35. The van der Waals surface area contributed by atoms with Crippen molar-refractivity contribution in [2.24, 2.45) is 5.10 Å². The van der Waals surface area contributed by atoms with Crippen LogP contribution < -0.4 is 4.46 Å². The van der Waals surface area contributed by atoms with E-state index < -0.39 is 16.1 Å². The van der Waals surface area contributed by atoms with Crippen LogP contribution in [-0.4, -0.2) is 34.0 Å². The van der Waals surface area contributed by atoms with Crippen LogP contribution in [0.3, 0.4) is 0 Å². The molecule has 4 aromatic rings.